The van der Waals surface area contributed by atoms with Gasteiger partial charge in [-0.3, -0.25) is 9.59 Å². The first-order chi connectivity index (χ1) is 9.58. The molecule has 1 saturated heterocycles. The number of hydrogen-bond donors (Lipinski definition) is 1. The number of hydrogen-bond acceptors (Lipinski definition) is 5. The summed E-state index contributed by atoms with van der Waals surface area (Å²) in [4.78, 5) is 26.8. The standard InChI is InChI=1S/C14H14ClN3O2/c15-9-1-3-10(4-2-9)17-5-7-18(8-6-17)12-11(16)13(19)14(12)20/h1-4H,5-8,16H2. The molecule has 0 atom stereocenters. The molecule has 104 valence electrons. The second-order valence-corrected chi connectivity index (χ2v) is 5.31. The molecule has 0 amide bonds. The van der Waals surface area contributed by atoms with Crippen LogP contribution in [-0.2, 0) is 0 Å². The lowest BCUT2D eigenvalue weighted by molar-refractivity contribution is 0.651. The van der Waals surface area contributed by atoms with E-state index in [1.54, 1.807) is 0 Å². The van der Waals surface area contributed by atoms with Crippen molar-refractivity contribution in [1.82, 2.24) is 0 Å². The molecule has 3 rings (SSSR count). The highest BCUT2D eigenvalue weighted by molar-refractivity contribution is 6.30. The first kappa shape index (κ1) is 13.0. The van der Waals surface area contributed by atoms with Crippen molar-refractivity contribution < 1.29 is 0 Å². The van der Waals surface area contributed by atoms with Gasteiger partial charge in [0.05, 0.1) is 0 Å². The maximum atomic E-state index is 11.5. The topological polar surface area (TPSA) is 66.6 Å². The average molecular weight is 292 g/mol. The number of nitrogen functional groups attached to an aromatic ring is 1. The van der Waals surface area contributed by atoms with Crippen LogP contribution in [0.3, 0.4) is 0 Å². The molecule has 0 bridgehead atoms. The second kappa shape index (κ2) is 4.83. The van der Waals surface area contributed by atoms with Gasteiger partial charge < -0.3 is 15.5 Å². The predicted octanol–water partition coefficient (Wildman–Crippen LogP) is 0.845. The van der Waals surface area contributed by atoms with Crippen LogP contribution in [0, 0.1) is 0 Å². The van der Waals surface area contributed by atoms with Crippen LogP contribution >= 0.6 is 11.6 Å². The summed E-state index contributed by atoms with van der Waals surface area (Å²) in [7, 11) is 0. The third-order valence-electron chi connectivity index (χ3n) is 3.71. The number of halogens is 1. The molecule has 6 heteroatoms. The van der Waals surface area contributed by atoms with E-state index in [0.717, 1.165) is 18.8 Å². The molecule has 0 unspecified atom stereocenters. The molecular weight excluding hydrogens is 278 g/mol. The highest BCUT2D eigenvalue weighted by Crippen LogP contribution is 2.22. The van der Waals surface area contributed by atoms with Crippen LogP contribution in [0.15, 0.2) is 33.9 Å². The summed E-state index contributed by atoms with van der Waals surface area (Å²) in [5.41, 5.74) is 6.18. The van der Waals surface area contributed by atoms with Crippen molar-refractivity contribution >= 4 is 28.7 Å². The highest BCUT2D eigenvalue weighted by atomic mass is 35.5. The van der Waals surface area contributed by atoms with Gasteiger partial charge in [-0.25, -0.2) is 0 Å². The van der Waals surface area contributed by atoms with Crippen molar-refractivity contribution in [3.8, 4) is 0 Å². The van der Waals surface area contributed by atoms with Gasteiger partial charge in [-0.2, -0.15) is 0 Å². The van der Waals surface area contributed by atoms with Crippen molar-refractivity contribution in [2.75, 3.05) is 41.7 Å². The second-order valence-electron chi connectivity index (χ2n) is 4.87. The minimum Gasteiger partial charge on any atom is -0.394 e. The van der Waals surface area contributed by atoms with Gasteiger partial charge in [-0.05, 0) is 24.3 Å². The third-order valence-corrected chi connectivity index (χ3v) is 3.96. The van der Waals surface area contributed by atoms with Gasteiger partial charge in [-0.1, -0.05) is 11.6 Å². The maximum Gasteiger partial charge on any atom is 0.253 e. The summed E-state index contributed by atoms with van der Waals surface area (Å²) in [6, 6.07) is 7.67. The normalized spacial score (nSPS) is 15.8. The maximum absolute atomic E-state index is 11.5. The van der Waals surface area contributed by atoms with Crippen molar-refractivity contribution in [3.63, 3.8) is 0 Å². The summed E-state index contributed by atoms with van der Waals surface area (Å²) >= 11 is 5.87. The number of nitrogens with two attached hydrogens (primary N) is 1. The lowest BCUT2D eigenvalue weighted by atomic mass is 10.1. The molecule has 1 fully saturated rings. The Hall–Kier alpha value is -2.01. The van der Waals surface area contributed by atoms with Crippen LogP contribution in [0.4, 0.5) is 17.1 Å². The molecule has 0 aromatic heterocycles. The monoisotopic (exact) mass is 291 g/mol. The zero-order chi connectivity index (χ0) is 14.3. The largest absolute Gasteiger partial charge is 0.394 e. The molecular formula is C14H14ClN3O2. The van der Waals surface area contributed by atoms with Gasteiger partial charge in [0.15, 0.2) is 0 Å². The molecule has 0 saturated carbocycles. The fraction of sp³-hybridized carbons (Fsp3) is 0.286. The lowest BCUT2D eigenvalue weighted by Gasteiger charge is -2.37. The van der Waals surface area contributed by atoms with Crippen LogP contribution < -0.4 is 26.4 Å². The van der Waals surface area contributed by atoms with Crippen molar-refractivity contribution in [1.29, 1.82) is 0 Å². The Balaban J connectivity index is 1.70. The van der Waals surface area contributed by atoms with Gasteiger partial charge in [0.25, 0.3) is 10.9 Å². The van der Waals surface area contributed by atoms with E-state index in [1.807, 2.05) is 29.2 Å². The molecule has 2 aromatic carbocycles. The Morgan fingerprint density at radius 2 is 1.45 bits per heavy atom. The minimum atomic E-state index is -0.555. The third kappa shape index (κ3) is 2.04. The van der Waals surface area contributed by atoms with Crippen molar-refractivity contribution in [2.45, 2.75) is 0 Å². The smallest absolute Gasteiger partial charge is 0.253 e. The predicted molar refractivity (Wildman–Crippen MR) is 81.6 cm³/mol. The molecule has 1 heterocycles. The van der Waals surface area contributed by atoms with E-state index in [2.05, 4.69) is 4.90 Å². The lowest BCUT2D eigenvalue weighted by Crippen LogP contribution is -2.51. The van der Waals surface area contributed by atoms with Gasteiger partial charge in [0, 0.05) is 36.9 Å². The van der Waals surface area contributed by atoms with E-state index in [4.69, 9.17) is 17.3 Å². The summed E-state index contributed by atoms with van der Waals surface area (Å²) in [5.74, 6) is 0. The van der Waals surface area contributed by atoms with E-state index >= 15 is 0 Å². The molecule has 5 nitrogen and oxygen atoms in total. The molecule has 1 aliphatic rings. The molecule has 2 aromatic rings. The van der Waals surface area contributed by atoms with E-state index in [9.17, 15) is 9.59 Å². The Bertz CT molecular complexity index is 696. The number of piperazine rings is 1. The molecule has 0 spiro atoms. The van der Waals surface area contributed by atoms with Gasteiger partial charge >= 0.3 is 0 Å². The number of nitrogens with zero attached hydrogens (tertiary/aromatic N) is 2. The highest BCUT2D eigenvalue weighted by Gasteiger charge is 2.26. The van der Waals surface area contributed by atoms with E-state index < -0.39 is 10.9 Å². The molecule has 2 N–H and O–H groups in total. The van der Waals surface area contributed by atoms with Crippen molar-refractivity contribution in [3.05, 3.63) is 49.7 Å². The minimum absolute atomic E-state index is 0.106. The van der Waals surface area contributed by atoms with Gasteiger partial charge in [0.2, 0.25) is 0 Å². The van der Waals surface area contributed by atoms with Gasteiger partial charge in [-0.15, -0.1) is 0 Å². The fourth-order valence-corrected chi connectivity index (χ4v) is 2.68. The number of anilines is 3. The van der Waals surface area contributed by atoms with Crippen LogP contribution in [0.25, 0.3) is 0 Å². The van der Waals surface area contributed by atoms with Crippen LogP contribution in [-0.4, -0.2) is 26.2 Å². The molecule has 1 aliphatic heterocycles. The Labute approximate surface area is 120 Å². The number of rotatable bonds is 2. The molecule has 0 aliphatic carbocycles. The summed E-state index contributed by atoms with van der Waals surface area (Å²) in [6.45, 7) is 2.91. The van der Waals surface area contributed by atoms with Gasteiger partial charge in [0.1, 0.15) is 11.4 Å². The molecule has 20 heavy (non-hydrogen) atoms. The summed E-state index contributed by atoms with van der Waals surface area (Å²) in [5, 5.41) is 0.712. The number of benzene rings is 1. The Morgan fingerprint density at radius 3 is 2.00 bits per heavy atom. The van der Waals surface area contributed by atoms with Crippen molar-refractivity contribution in [2.24, 2.45) is 0 Å². The average Bonchev–Trinajstić information content (AvgIpc) is 2.49. The zero-order valence-electron chi connectivity index (χ0n) is 10.8. The summed E-state index contributed by atoms with van der Waals surface area (Å²) in [6.07, 6.45) is 0. The van der Waals surface area contributed by atoms with E-state index in [1.165, 1.54) is 0 Å². The fourth-order valence-electron chi connectivity index (χ4n) is 2.55. The SMILES string of the molecule is Nc1c(N2CCN(c3ccc(Cl)cc3)CC2)c(=O)c1=O. The van der Waals surface area contributed by atoms with Crippen LogP contribution in [0.5, 0.6) is 0 Å². The molecule has 0 radical (unpaired) electrons. The Kier molecular flexibility index (Phi) is 3.14. The Morgan fingerprint density at radius 1 is 0.900 bits per heavy atom. The van der Waals surface area contributed by atoms with Crippen LogP contribution in [0.2, 0.25) is 5.02 Å². The quantitative estimate of drug-likeness (QED) is 0.831. The first-order valence-electron chi connectivity index (χ1n) is 6.42. The first-order valence-corrected chi connectivity index (χ1v) is 6.80. The van der Waals surface area contributed by atoms with E-state index in [0.29, 0.717) is 23.8 Å². The zero-order valence-corrected chi connectivity index (χ0v) is 11.6. The van der Waals surface area contributed by atoms with E-state index in [-0.39, 0.29) is 5.69 Å². The van der Waals surface area contributed by atoms with Crippen LogP contribution in [0.1, 0.15) is 0 Å². The summed E-state index contributed by atoms with van der Waals surface area (Å²) < 4.78 is 0.